The van der Waals surface area contributed by atoms with Crippen molar-refractivity contribution in [2.45, 2.75) is 70.0 Å². The highest BCUT2D eigenvalue weighted by atomic mass is 15.5. The average Bonchev–Trinajstić information content (AvgIpc) is 2.78. The summed E-state index contributed by atoms with van der Waals surface area (Å²) >= 11 is 0. The summed E-state index contributed by atoms with van der Waals surface area (Å²) in [5.41, 5.74) is 12.6. The molecule has 0 radical (unpaired) electrons. The predicted octanol–water partition coefficient (Wildman–Crippen LogP) is 0.283. The third-order valence-electron chi connectivity index (χ3n) is 4.81. The van der Waals surface area contributed by atoms with E-state index in [1.54, 1.807) is 0 Å². The van der Waals surface area contributed by atoms with Crippen LogP contribution in [0.2, 0.25) is 0 Å². The molecule has 5 atom stereocenters. The van der Waals surface area contributed by atoms with Crippen LogP contribution in [0.25, 0.3) is 0 Å². The first kappa shape index (κ1) is 14.6. The Morgan fingerprint density at radius 3 is 2.29 bits per heavy atom. The zero-order chi connectivity index (χ0) is 15.0. The van der Waals surface area contributed by atoms with Crippen molar-refractivity contribution in [3.05, 3.63) is 12.7 Å². The number of hydrogen-bond donors (Lipinski definition) is 2. The highest BCUT2D eigenvalue weighted by Crippen LogP contribution is 2.33. The van der Waals surface area contributed by atoms with Gasteiger partial charge in [-0.1, -0.05) is 0 Å². The average molecular weight is 291 g/mol. The van der Waals surface area contributed by atoms with Crippen LogP contribution in [0, 0.1) is 0 Å². The quantitative estimate of drug-likeness (QED) is 0.808. The van der Waals surface area contributed by atoms with Crippen LogP contribution in [-0.4, -0.2) is 50.3 Å². The zero-order valence-corrected chi connectivity index (χ0v) is 12.8. The van der Waals surface area contributed by atoms with Gasteiger partial charge in [-0.15, -0.1) is 0 Å². The van der Waals surface area contributed by atoms with Crippen molar-refractivity contribution in [3.63, 3.8) is 0 Å². The second kappa shape index (κ2) is 5.82. The minimum Gasteiger partial charge on any atom is -0.327 e. The number of rotatable bonds is 2. The lowest BCUT2D eigenvalue weighted by Crippen LogP contribution is -2.64. The molecule has 1 aromatic heterocycles. The van der Waals surface area contributed by atoms with Crippen LogP contribution in [0.4, 0.5) is 5.95 Å². The van der Waals surface area contributed by atoms with Crippen LogP contribution >= 0.6 is 0 Å². The predicted molar refractivity (Wildman–Crippen MR) is 81.3 cm³/mol. The molecule has 3 heterocycles. The molecule has 0 bridgehead atoms. The summed E-state index contributed by atoms with van der Waals surface area (Å²) in [4.78, 5) is 17.2. The molecule has 7 nitrogen and oxygen atoms in total. The Bertz CT molecular complexity index is 458. The SMILES string of the molecule is CC1CCC(C)N1C1CC(N)CC(N)N1c1ncncn1. The van der Waals surface area contributed by atoms with Gasteiger partial charge in [-0.3, -0.25) is 4.90 Å². The molecule has 4 N–H and O–H groups in total. The van der Waals surface area contributed by atoms with Crippen LogP contribution < -0.4 is 16.4 Å². The summed E-state index contributed by atoms with van der Waals surface area (Å²) in [6, 6.07) is 1.20. The maximum absolute atomic E-state index is 6.37. The Morgan fingerprint density at radius 2 is 1.67 bits per heavy atom. The van der Waals surface area contributed by atoms with Crippen molar-refractivity contribution in [1.29, 1.82) is 0 Å². The van der Waals surface area contributed by atoms with E-state index in [1.807, 2.05) is 0 Å². The molecular weight excluding hydrogens is 266 g/mol. The molecule has 21 heavy (non-hydrogen) atoms. The van der Waals surface area contributed by atoms with E-state index in [1.165, 1.54) is 25.5 Å². The topological polar surface area (TPSA) is 97.2 Å². The second-order valence-corrected chi connectivity index (χ2v) is 6.35. The van der Waals surface area contributed by atoms with Gasteiger partial charge in [0.2, 0.25) is 5.95 Å². The molecule has 2 saturated heterocycles. The fourth-order valence-corrected chi connectivity index (χ4v) is 3.84. The Morgan fingerprint density at radius 1 is 1.05 bits per heavy atom. The first-order valence-corrected chi connectivity index (χ1v) is 7.77. The van der Waals surface area contributed by atoms with Crippen LogP contribution in [0.5, 0.6) is 0 Å². The molecule has 2 aliphatic rings. The highest BCUT2D eigenvalue weighted by molar-refractivity contribution is 5.33. The second-order valence-electron chi connectivity index (χ2n) is 6.35. The van der Waals surface area contributed by atoms with Crippen molar-refractivity contribution in [2.75, 3.05) is 4.90 Å². The van der Waals surface area contributed by atoms with E-state index in [9.17, 15) is 0 Å². The van der Waals surface area contributed by atoms with E-state index in [0.717, 1.165) is 12.8 Å². The molecule has 7 heteroatoms. The minimum absolute atomic E-state index is 0.128. The summed E-state index contributed by atoms with van der Waals surface area (Å²) in [6.45, 7) is 4.56. The fraction of sp³-hybridized carbons (Fsp3) is 0.786. The van der Waals surface area contributed by atoms with Crippen molar-refractivity contribution in [1.82, 2.24) is 19.9 Å². The van der Waals surface area contributed by atoms with E-state index in [0.29, 0.717) is 18.0 Å². The van der Waals surface area contributed by atoms with Crippen molar-refractivity contribution in [2.24, 2.45) is 11.5 Å². The zero-order valence-electron chi connectivity index (χ0n) is 12.8. The summed E-state index contributed by atoms with van der Waals surface area (Å²) in [5.74, 6) is 0.653. The summed E-state index contributed by atoms with van der Waals surface area (Å²) < 4.78 is 0. The van der Waals surface area contributed by atoms with Crippen LogP contribution in [0.15, 0.2) is 12.7 Å². The standard InChI is InChI=1S/C14H25N7/c1-9-3-4-10(2)20(9)13-6-11(15)5-12(16)21(13)14-18-7-17-8-19-14/h7-13H,3-6,15-16H2,1-2H3. The highest BCUT2D eigenvalue weighted by Gasteiger charge is 2.42. The third kappa shape index (κ3) is 2.73. The molecule has 2 aliphatic heterocycles. The van der Waals surface area contributed by atoms with Gasteiger partial charge in [0.05, 0.1) is 12.3 Å². The lowest BCUT2D eigenvalue weighted by atomic mass is 9.98. The van der Waals surface area contributed by atoms with Crippen molar-refractivity contribution in [3.8, 4) is 0 Å². The lowest BCUT2D eigenvalue weighted by Gasteiger charge is -2.49. The van der Waals surface area contributed by atoms with E-state index < -0.39 is 0 Å². The minimum atomic E-state index is -0.152. The third-order valence-corrected chi connectivity index (χ3v) is 4.81. The smallest absolute Gasteiger partial charge is 0.230 e. The summed E-state index contributed by atoms with van der Waals surface area (Å²) in [7, 11) is 0. The number of aromatic nitrogens is 3. The molecule has 2 fully saturated rings. The number of hydrogen-bond acceptors (Lipinski definition) is 7. The fourth-order valence-electron chi connectivity index (χ4n) is 3.84. The Balaban J connectivity index is 1.93. The molecule has 116 valence electrons. The monoisotopic (exact) mass is 291 g/mol. The van der Waals surface area contributed by atoms with Gasteiger partial charge >= 0.3 is 0 Å². The van der Waals surface area contributed by atoms with Crippen molar-refractivity contribution >= 4 is 5.95 Å². The largest absolute Gasteiger partial charge is 0.327 e. The number of piperidine rings is 1. The van der Waals surface area contributed by atoms with Crippen molar-refractivity contribution < 1.29 is 0 Å². The van der Waals surface area contributed by atoms with Gasteiger partial charge < -0.3 is 16.4 Å². The number of nitrogens with two attached hydrogens (primary N) is 2. The Kier molecular flexibility index (Phi) is 4.05. The van der Waals surface area contributed by atoms with Gasteiger partial charge in [-0.2, -0.15) is 0 Å². The van der Waals surface area contributed by atoms with Crippen LogP contribution in [0.1, 0.15) is 39.5 Å². The first-order valence-electron chi connectivity index (χ1n) is 7.77. The maximum Gasteiger partial charge on any atom is 0.230 e. The molecule has 1 aromatic rings. The normalized spacial score (nSPS) is 37.9. The van der Waals surface area contributed by atoms with Gasteiger partial charge in [-0.05, 0) is 39.5 Å². The molecule has 0 aliphatic carbocycles. The molecule has 0 saturated carbocycles. The maximum atomic E-state index is 6.37. The van der Waals surface area contributed by atoms with E-state index in [-0.39, 0.29) is 18.4 Å². The van der Waals surface area contributed by atoms with Gasteiger partial charge in [0.15, 0.2) is 0 Å². The summed E-state index contributed by atoms with van der Waals surface area (Å²) in [5, 5.41) is 0. The lowest BCUT2D eigenvalue weighted by molar-refractivity contribution is 0.100. The van der Waals surface area contributed by atoms with E-state index >= 15 is 0 Å². The summed E-state index contributed by atoms with van der Waals surface area (Å²) in [6.07, 6.45) is 7.15. The molecule has 0 amide bonds. The molecule has 3 rings (SSSR count). The van der Waals surface area contributed by atoms with Gasteiger partial charge in [0.1, 0.15) is 12.7 Å². The molecular formula is C14H25N7. The van der Waals surface area contributed by atoms with Crippen LogP contribution in [0.3, 0.4) is 0 Å². The van der Waals surface area contributed by atoms with E-state index in [2.05, 4.69) is 38.6 Å². The number of anilines is 1. The number of likely N-dealkylation sites (tertiary alicyclic amines) is 1. The first-order chi connectivity index (χ1) is 10.1. The molecule has 0 spiro atoms. The molecule has 5 unspecified atom stereocenters. The van der Waals surface area contributed by atoms with Gasteiger partial charge in [0, 0.05) is 18.1 Å². The van der Waals surface area contributed by atoms with Gasteiger partial charge in [0.25, 0.3) is 0 Å². The Labute approximate surface area is 125 Å². The van der Waals surface area contributed by atoms with Gasteiger partial charge in [-0.25, -0.2) is 15.0 Å². The van der Waals surface area contributed by atoms with E-state index in [4.69, 9.17) is 11.5 Å². The Hall–Kier alpha value is -1.31. The number of nitrogens with zero attached hydrogens (tertiary/aromatic N) is 5. The molecule has 0 aromatic carbocycles. The van der Waals surface area contributed by atoms with Crippen LogP contribution in [-0.2, 0) is 0 Å².